The van der Waals surface area contributed by atoms with Crippen molar-refractivity contribution in [3.8, 4) is 0 Å². The molecule has 0 atom stereocenters. The second kappa shape index (κ2) is 3.26. The van der Waals surface area contributed by atoms with E-state index in [0.29, 0.717) is 0 Å². The Morgan fingerprint density at radius 3 is 2.43 bits per heavy atom. The van der Waals surface area contributed by atoms with E-state index in [4.69, 9.17) is 0 Å². The van der Waals surface area contributed by atoms with E-state index in [1.54, 1.807) is 0 Å². The summed E-state index contributed by atoms with van der Waals surface area (Å²) < 4.78 is 2.07. The summed E-state index contributed by atoms with van der Waals surface area (Å²) in [5.41, 5.74) is 0.247. The highest BCUT2D eigenvalue weighted by Crippen LogP contribution is 2.39. The zero-order chi connectivity index (χ0) is 10.2. The molecule has 1 aliphatic carbocycles. The summed E-state index contributed by atoms with van der Waals surface area (Å²) in [6.45, 7) is 2.30. The van der Waals surface area contributed by atoms with Gasteiger partial charge in [0.1, 0.15) is 5.82 Å². The van der Waals surface area contributed by atoms with E-state index < -0.39 is 0 Å². The molecule has 4 nitrogen and oxygen atoms in total. The molecular formula is C10H18N4. The Hall–Kier alpha value is -1.06. The summed E-state index contributed by atoms with van der Waals surface area (Å²) >= 11 is 0. The fraction of sp³-hybridized carbons (Fsp3) is 0.800. The lowest BCUT2D eigenvalue weighted by atomic mass is 9.88. The molecule has 0 bridgehead atoms. The Balaban J connectivity index is 2.35. The molecule has 0 aliphatic heterocycles. The van der Waals surface area contributed by atoms with E-state index in [2.05, 4.69) is 27.0 Å². The SMILES string of the molecule is CNc1nnc(C2(C)CCCC2)n1C. The van der Waals surface area contributed by atoms with Gasteiger partial charge in [-0.2, -0.15) is 0 Å². The molecule has 1 aliphatic rings. The summed E-state index contributed by atoms with van der Waals surface area (Å²) in [5, 5.41) is 11.5. The van der Waals surface area contributed by atoms with Crippen LogP contribution >= 0.6 is 0 Å². The van der Waals surface area contributed by atoms with Crippen molar-refractivity contribution in [3.05, 3.63) is 5.82 Å². The molecule has 0 aromatic carbocycles. The lowest BCUT2D eigenvalue weighted by molar-refractivity contribution is 0.442. The third kappa shape index (κ3) is 1.29. The van der Waals surface area contributed by atoms with Crippen molar-refractivity contribution in [1.29, 1.82) is 0 Å². The molecule has 0 amide bonds. The first kappa shape index (κ1) is 9.49. The maximum Gasteiger partial charge on any atom is 0.224 e. The van der Waals surface area contributed by atoms with Gasteiger partial charge in [0.2, 0.25) is 5.95 Å². The van der Waals surface area contributed by atoms with Gasteiger partial charge in [0.05, 0.1) is 0 Å². The Morgan fingerprint density at radius 1 is 1.29 bits per heavy atom. The van der Waals surface area contributed by atoms with Crippen LogP contribution in [0.3, 0.4) is 0 Å². The monoisotopic (exact) mass is 194 g/mol. The minimum atomic E-state index is 0.247. The molecule has 1 N–H and O–H groups in total. The highest BCUT2D eigenvalue weighted by molar-refractivity contribution is 5.26. The fourth-order valence-corrected chi connectivity index (χ4v) is 2.45. The third-order valence-corrected chi connectivity index (χ3v) is 3.35. The van der Waals surface area contributed by atoms with Crippen LogP contribution in [0.15, 0.2) is 0 Å². The lowest BCUT2D eigenvalue weighted by Gasteiger charge is -2.21. The molecule has 4 heteroatoms. The third-order valence-electron chi connectivity index (χ3n) is 3.35. The van der Waals surface area contributed by atoms with E-state index >= 15 is 0 Å². The van der Waals surface area contributed by atoms with Gasteiger partial charge in [0.25, 0.3) is 0 Å². The molecule has 0 saturated heterocycles. The summed E-state index contributed by atoms with van der Waals surface area (Å²) in [4.78, 5) is 0. The van der Waals surface area contributed by atoms with Crippen molar-refractivity contribution >= 4 is 5.95 Å². The van der Waals surface area contributed by atoms with Crippen LogP contribution in [0, 0.1) is 0 Å². The molecule has 78 valence electrons. The van der Waals surface area contributed by atoms with Gasteiger partial charge >= 0.3 is 0 Å². The maximum absolute atomic E-state index is 4.29. The van der Waals surface area contributed by atoms with Gasteiger partial charge in [0, 0.05) is 19.5 Å². The minimum absolute atomic E-state index is 0.247. The molecule has 0 radical (unpaired) electrons. The van der Waals surface area contributed by atoms with Crippen molar-refractivity contribution < 1.29 is 0 Å². The van der Waals surface area contributed by atoms with Gasteiger partial charge in [-0.15, -0.1) is 10.2 Å². The smallest absolute Gasteiger partial charge is 0.224 e. The largest absolute Gasteiger partial charge is 0.357 e. The first-order valence-electron chi connectivity index (χ1n) is 5.25. The molecule has 1 aromatic rings. The molecule has 0 spiro atoms. The fourth-order valence-electron chi connectivity index (χ4n) is 2.45. The number of hydrogen-bond donors (Lipinski definition) is 1. The van der Waals surface area contributed by atoms with Crippen LogP contribution in [0.25, 0.3) is 0 Å². The van der Waals surface area contributed by atoms with Crippen LogP contribution in [0.1, 0.15) is 38.4 Å². The second-order valence-electron chi connectivity index (χ2n) is 4.42. The minimum Gasteiger partial charge on any atom is -0.357 e. The van der Waals surface area contributed by atoms with Gasteiger partial charge in [-0.3, -0.25) is 0 Å². The molecule has 1 heterocycles. The normalized spacial score (nSPS) is 19.9. The van der Waals surface area contributed by atoms with E-state index in [-0.39, 0.29) is 5.41 Å². The van der Waals surface area contributed by atoms with E-state index in [1.165, 1.54) is 25.7 Å². The van der Waals surface area contributed by atoms with Crippen molar-refractivity contribution in [3.63, 3.8) is 0 Å². The van der Waals surface area contributed by atoms with Crippen LogP contribution in [-0.2, 0) is 12.5 Å². The van der Waals surface area contributed by atoms with Crippen LogP contribution in [0.4, 0.5) is 5.95 Å². The average Bonchev–Trinajstić information content (AvgIpc) is 2.73. The van der Waals surface area contributed by atoms with Crippen molar-refractivity contribution in [1.82, 2.24) is 14.8 Å². The molecule has 0 unspecified atom stereocenters. The summed E-state index contributed by atoms with van der Waals surface area (Å²) in [6.07, 6.45) is 5.11. The number of anilines is 1. The maximum atomic E-state index is 4.29. The van der Waals surface area contributed by atoms with Crippen LogP contribution in [0.5, 0.6) is 0 Å². The molecular weight excluding hydrogens is 176 g/mol. The number of nitrogens with zero attached hydrogens (tertiary/aromatic N) is 3. The van der Waals surface area contributed by atoms with E-state index in [9.17, 15) is 0 Å². The lowest BCUT2D eigenvalue weighted by Crippen LogP contribution is -2.22. The van der Waals surface area contributed by atoms with Gasteiger partial charge in [-0.1, -0.05) is 19.8 Å². The number of nitrogens with one attached hydrogen (secondary N) is 1. The number of hydrogen-bond acceptors (Lipinski definition) is 3. The van der Waals surface area contributed by atoms with Gasteiger partial charge in [-0.25, -0.2) is 0 Å². The Bertz CT molecular complexity index is 323. The Morgan fingerprint density at radius 2 is 1.93 bits per heavy atom. The second-order valence-corrected chi connectivity index (χ2v) is 4.42. The van der Waals surface area contributed by atoms with Crippen LogP contribution in [-0.4, -0.2) is 21.8 Å². The molecule has 14 heavy (non-hydrogen) atoms. The predicted molar refractivity (Wildman–Crippen MR) is 56.4 cm³/mol. The first-order chi connectivity index (χ1) is 6.67. The van der Waals surface area contributed by atoms with Crippen molar-refractivity contribution in [2.75, 3.05) is 12.4 Å². The average molecular weight is 194 g/mol. The van der Waals surface area contributed by atoms with Crippen molar-refractivity contribution in [2.24, 2.45) is 7.05 Å². The standard InChI is InChI=1S/C10H18N4/c1-10(6-4-5-7-10)8-12-13-9(11-2)14(8)3/h4-7H2,1-3H3,(H,11,13). The molecule has 1 saturated carbocycles. The first-order valence-corrected chi connectivity index (χ1v) is 5.25. The molecule has 1 fully saturated rings. The summed E-state index contributed by atoms with van der Waals surface area (Å²) in [7, 11) is 3.91. The molecule has 1 aromatic heterocycles. The Kier molecular flexibility index (Phi) is 2.21. The topological polar surface area (TPSA) is 42.7 Å². The highest BCUT2D eigenvalue weighted by atomic mass is 15.3. The van der Waals surface area contributed by atoms with Crippen LogP contribution < -0.4 is 5.32 Å². The van der Waals surface area contributed by atoms with Gasteiger partial charge < -0.3 is 9.88 Å². The summed E-state index contributed by atoms with van der Waals surface area (Å²) in [5.74, 6) is 1.98. The zero-order valence-electron chi connectivity index (χ0n) is 9.17. The van der Waals surface area contributed by atoms with Gasteiger partial charge in [0.15, 0.2) is 0 Å². The predicted octanol–water partition coefficient (Wildman–Crippen LogP) is 1.69. The number of aromatic nitrogens is 3. The summed E-state index contributed by atoms with van der Waals surface area (Å²) in [6, 6.07) is 0. The van der Waals surface area contributed by atoms with E-state index in [1.807, 2.05) is 14.1 Å². The zero-order valence-corrected chi connectivity index (χ0v) is 9.17. The van der Waals surface area contributed by atoms with Crippen molar-refractivity contribution in [2.45, 2.75) is 38.0 Å². The van der Waals surface area contributed by atoms with Gasteiger partial charge in [-0.05, 0) is 12.8 Å². The van der Waals surface area contributed by atoms with Crippen LogP contribution in [0.2, 0.25) is 0 Å². The number of rotatable bonds is 2. The Labute approximate surface area is 84.7 Å². The quantitative estimate of drug-likeness (QED) is 0.779. The molecule has 2 rings (SSSR count). The highest BCUT2D eigenvalue weighted by Gasteiger charge is 2.35. The van der Waals surface area contributed by atoms with E-state index in [0.717, 1.165) is 11.8 Å².